The lowest BCUT2D eigenvalue weighted by Crippen LogP contribution is -2.60. The Labute approximate surface area is 226 Å². The first kappa shape index (κ1) is 28.1. The second kappa shape index (κ2) is 11.8. The van der Waals surface area contributed by atoms with Crippen LogP contribution >= 0.6 is 0 Å². The first-order valence-corrected chi connectivity index (χ1v) is 14.1. The first-order chi connectivity index (χ1) is 18.1. The Bertz CT molecular complexity index is 1160. The smallest absolute Gasteiger partial charge is 0.247 e. The topological polar surface area (TPSA) is 110 Å². The van der Waals surface area contributed by atoms with Crippen LogP contribution in [0.1, 0.15) is 77.7 Å². The molecule has 208 valence electrons. The molecule has 0 unspecified atom stereocenters. The number of nitrogens with zero attached hydrogens (tertiary/aromatic N) is 3. The van der Waals surface area contributed by atoms with Crippen molar-refractivity contribution in [2.24, 2.45) is 11.8 Å². The molecule has 0 aliphatic carbocycles. The highest BCUT2D eigenvalue weighted by Gasteiger charge is 2.44. The van der Waals surface area contributed by atoms with Crippen LogP contribution in [-0.2, 0) is 20.8 Å². The lowest BCUT2D eigenvalue weighted by molar-refractivity contribution is -0.144. The zero-order valence-electron chi connectivity index (χ0n) is 23.7. The number of amides is 3. The number of benzene rings is 1. The molecule has 0 bridgehead atoms. The molecule has 9 heteroatoms. The molecule has 3 N–H and O–H groups in total. The minimum absolute atomic E-state index is 0.00776. The summed E-state index contributed by atoms with van der Waals surface area (Å²) in [5.74, 6) is 1.18. The number of imidazole rings is 1. The fourth-order valence-electron chi connectivity index (χ4n) is 5.76. The zero-order valence-corrected chi connectivity index (χ0v) is 23.7. The van der Waals surface area contributed by atoms with Gasteiger partial charge in [0, 0.05) is 25.6 Å². The molecular weight excluding hydrogens is 480 g/mol. The van der Waals surface area contributed by atoms with E-state index in [1.807, 2.05) is 24.8 Å². The highest BCUT2D eigenvalue weighted by Crippen LogP contribution is 2.39. The molecule has 0 saturated carbocycles. The standard InChI is InChI=1S/C29H44N6O3/c1-17(2)14-20-8-7-9-22-26(20)33-27(31-22)24-11-10-21-12-13-34(25(36)15-18(3)4)16-23(29(38)35(21)24)32-28(37)19(5)30-6/h7-9,17-19,21,23-24,30H,10-16H2,1-6H3,(H,31,33)(H,32,37)/t19-,21+,23-,24-/m0/s1. The molecule has 0 radical (unpaired) electrons. The fourth-order valence-corrected chi connectivity index (χ4v) is 5.76. The average Bonchev–Trinajstić information content (AvgIpc) is 3.47. The van der Waals surface area contributed by atoms with Crippen LogP contribution in [0.15, 0.2) is 18.2 Å². The van der Waals surface area contributed by atoms with Gasteiger partial charge in [0.1, 0.15) is 11.9 Å². The van der Waals surface area contributed by atoms with E-state index in [-0.39, 0.29) is 42.3 Å². The fraction of sp³-hybridized carbons (Fsp3) is 0.655. The van der Waals surface area contributed by atoms with Crippen molar-refractivity contribution in [3.63, 3.8) is 0 Å². The molecule has 2 fully saturated rings. The van der Waals surface area contributed by atoms with Gasteiger partial charge in [-0.3, -0.25) is 14.4 Å². The van der Waals surface area contributed by atoms with E-state index in [2.05, 4.69) is 41.6 Å². The maximum Gasteiger partial charge on any atom is 0.247 e. The summed E-state index contributed by atoms with van der Waals surface area (Å²) >= 11 is 0. The van der Waals surface area contributed by atoms with Crippen LogP contribution in [0.3, 0.4) is 0 Å². The Balaban J connectivity index is 1.65. The Kier molecular flexibility index (Phi) is 8.75. The summed E-state index contributed by atoms with van der Waals surface area (Å²) < 4.78 is 0. The van der Waals surface area contributed by atoms with Crippen molar-refractivity contribution in [1.82, 2.24) is 30.4 Å². The van der Waals surface area contributed by atoms with Crippen molar-refractivity contribution in [2.75, 3.05) is 20.1 Å². The van der Waals surface area contributed by atoms with Gasteiger partial charge in [0.05, 0.1) is 23.1 Å². The average molecular weight is 525 g/mol. The second-order valence-corrected chi connectivity index (χ2v) is 11.8. The third kappa shape index (κ3) is 6.03. The molecule has 2 saturated heterocycles. The monoisotopic (exact) mass is 524 g/mol. The number of para-hydroxylation sites is 1. The number of carbonyl (C=O) groups excluding carboxylic acids is 3. The van der Waals surface area contributed by atoms with Crippen molar-refractivity contribution >= 4 is 28.8 Å². The summed E-state index contributed by atoms with van der Waals surface area (Å²) in [5, 5.41) is 5.89. The first-order valence-electron chi connectivity index (χ1n) is 14.1. The van der Waals surface area contributed by atoms with Crippen LogP contribution in [0, 0.1) is 11.8 Å². The van der Waals surface area contributed by atoms with Crippen molar-refractivity contribution in [3.05, 3.63) is 29.6 Å². The van der Waals surface area contributed by atoms with E-state index < -0.39 is 12.1 Å². The maximum absolute atomic E-state index is 14.1. The molecule has 0 spiro atoms. The molecular formula is C29H44N6O3. The third-order valence-electron chi connectivity index (χ3n) is 7.83. The van der Waals surface area contributed by atoms with Crippen LogP contribution in [0.4, 0.5) is 0 Å². The van der Waals surface area contributed by atoms with E-state index in [0.29, 0.717) is 18.9 Å². The predicted octanol–water partition coefficient (Wildman–Crippen LogP) is 3.16. The number of hydrogen-bond donors (Lipinski definition) is 3. The van der Waals surface area contributed by atoms with Gasteiger partial charge in [0.2, 0.25) is 17.7 Å². The van der Waals surface area contributed by atoms with E-state index in [9.17, 15) is 14.4 Å². The van der Waals surface area contributed by atoms with Crippen LogP contribution in [0.5, 0.6) is 0 Å². The minimum Gasteiger partial charge on any atom is -0.341 e. The van der Waals surface area contributed by atoms with Crippen molar-refractivity contribution in [3.8, 4) is 0 Å². The van der Waals surface area contributed by atoms with E-state index >= 15 is 0 Å². The Hall–Kier alpha value is -2.94. The number of H-pyrrole nitrogens is 1. The van der Waals surface area contributed by atoms with Crippen molar-refractivity contribution < 1.29 is 14.4 Å². The van der Waals surface area contributed by atoms with Gasteiger partial charge in [-0.1, -0.05) is 39.8 Å². The van der Waals surface area contributed by atoms with Gasteiger partial charge in [-0.2, -0.15) is 0 Å². The summed E-state index contributed by atoms with van der Waals surface area (Å²) in [6.45, 7) is 10.9. The second-order valence-electron chi connectivity index (χ2n) is 11.8. The molecule has 3 heterocycles. The number of aromatic amines is 1. The molecule has 4 rings (SSSR count). The number of aromatic nitrogens is 2. The molecule has 2 aromatic rings. The summed E-state index contributed by atoms with van der Waals surface area (Å²) in [6.07, 6.45) is 3.72. The van der Waals surface area contributed by atoms with E-state index in [4.69, 9.17) is 4.98 Å². The summed E-state index contributed by atoms with van der Waals surface area (Å²) in [7, 11) is 1.71. The number of fused-ring (bicyclic) bond motifs is 2. The predicted molar refractivity (Wildman–Crippen MR) is 148 cm³/mol. The van der Waals surface area contributed by atoms with Crippen LogP contribution < -0.4 is 10.6 Å². The Morgan fingerprint density at radius 3 is 2.55 bits per heavy atom. The number of nitrogens with one attached hydrogen (secondary N) is 3. The zero-order chi connectivity index (χ0) is 27.6. The van der Waals surface area contributed by atoms with Crippen LogP contribution in [0.2, 0.25) is 0 Å². The van der Waals surface area contributed by atoms with Crippen LogP contribution in [0.25, 0.3) is 11.0 Å². The molecule has 1 aromatic carbocycles. The van der Waals surface area contributed by atoms with E-state index in [1.165, 1.54) is 5.56 Å². The number of carbonyl (C=O) groups is 3. The highest BCUT2D eigenvalue weighted by atomic mass is 16.2. The third-order valence-corrected chi connectivity index (χ3v) is 7.83. The van der Waals surface area contributed by atoms with Crippen LogP contribution in [-0.4, -0.2) is 75.8 Å². The minimum atomic E-state index is -0.807. The van der Waals surface area contributed by atoms with E-state index in [0.717, 1.165) is 42.5 Å². The van der Waals surface area contributed by atoms with Crippen molar-refractivity contribution in [2.45, 2.75) is 90.9 Å². The van der Waals surface area contributed by atoms with Crippen molar-refractivity contribution in [1.29, 1.82) is 0 Å². The Morgan fingerprint density at radius 2 is 1.87 bits per heavy atom. The molecule has 2 aliphatic heterocycles. The van der Waals surface area contributed by atoms with Gasteiger partial charge in [0.25, 0.3) is 0 Å². The molecule has 2 aliphatic rings. The van der Waals surface area contributed by atoms with E-state index in [1.54, 1.807) is 18.9 Å². The molecule has 9 nitrogen and oxygen atoms in total. The van der Waals surface area contributed by atoms with Gasteiger partial charge in [0.15, 0.2) is 0 Å². The SMILES string of the molecule is CN[C@@H](C)C(=O)N[C@H]1CN(C(=O)CC(C)C)CC[C@H]2CC[C@@H](c3nc4c(CC(C)C)cccc4[nH]3)N2C1=O. The summed E-state index contributed by atoms with van der Waals surface area (Å²) in [5.41, 5.74) is 3.16. The Morgan fingerprint density at radius 1 is 1.11 bits per heavy atom. The maximum atomic E-state index is 14.1. The lowest BCUT2D eigenvalue weighted by atomic mass is 10.0. The van der Waals surface area contributed by atoms with Gasteiger partial charge in [-0.25, -0.2) is 4.98 Å². The largest absolute Gasteiger partial charge is 0.341 e. The number of likely N-dealkylation sites (N-methyl/N-ethyl adjacent to an activating group) is 1. The molecule has 38 heavy (non-hydrogen) atoms. The number of rotatable bonds is 8. The number of hydrogen-bond acceptors (Lipinski definition) is 5. The molecule has 4 atom stereocenters. The molecule has 1 aromatic heterocycles. The summed E-state index contributed by atoms with van der Waals surface area (Å²) in [4.78, 5) is 52.3. The summed E-state index contributed by atoms with van der Waals surface area (Å²) in [6, 6.07) is 4.77. The van der Waals surface area contributed by atoms with Gasteiger partial charge in [-0.05, 0) is 63.1 Å². The lowest BCUT2D eigenvalue weighted by Gasteiger charge is -2.39. The highest BCUT2D eigenvalue weighted by molar-refractivity contribution is 5.91. The van der Waals surface area contributed by atoms with Gasteiger partial charge >= 0.3 is 0 Å². The normalized spacial score (nSPS) is 23.1. The van der Waals surface area contributed by atoms with Gasteiger partial charge in [-0.15, -0.1) is 0 Å². The van der Waals surface area contributed by atoms with Gasteiger partial charge < -0.3 is 25.4 Å². The molecule has 3 amide bonds. The quantitative estimate of drug-likeness (QED) is 0.491.